The van der Waals surface area contributed by atoms with E-state index in [9.17, 15) is 5.11 Å². The Kier molecular flexibility index (Phi) is 5.07. The molecule has 2 bridgehead atoms. The van der Waals surface area contributed by atoms with Gasteiger partial charge in [0.15, 0.2) is 0 Å². The van der Waals surface area contributed by atoms with Gasteiger partial charge in [-0.2, -0.15) is 0 Å². The first-order valence-corrected chi connectivity index (χ1v) is 9.58. The fourth-order valence-corrected chi connectivity index (χ4v) is 7.37. The van der Waals surface area contributed by atoms with Crippen LogP contribution >= 0.6 is 0 Å². The molecule has 5 atom stereocenters. The van der Waals surface area contributed by atoms with Crippen LogP contribution in [0.2, 0.25) is 0 Å². The normalized spacial score (nSPS) is 38.0. The average Bonchev–Trinajstić information content (AvgIpc) is 2.72. The van der Waals surface area contributed by atoms with Crippen LogP contribution in [0, 0.1) is 16.7 Å². The zero-order chi connectivity index (χ0) is 14.5. The predicted molar refractivity (Wildman–Crippen MR) is 87.8 cm³/mol. The summed E-state index contributed by atoms with van der Waals surface area (Å²) in [7, 11) is 0.252. The fraction of sp³-hybridized carbons (Fsp3) is 0.667. The third kappa shape index (κ3) is 2.57. The van der Waals surface area contributed by atoms with Crippen LogP contribution in [0.3, 0.4) is 0 Å². The first kappa shape index (κ1) is 17.6. The van der Waals surface area contributed by atoms with Gasteiger partial charge in [0.25, 0.3) is 0 Å². The van der Waals surface area contributed by atoms with Gasteiger partial charge in [-0.05, 0) is 29.2 Å². The molecule has 118 valence electrons. The van der Waals surface area contributed by atoms with Gasteiger partial charge < -0.3 is 29.1 Å². The maximum absolute atomic E-state index is 10.9. The number of benzene rings is 1. The third-order valence-corrected chi connectivity index (χ3v) is 8.74. The van der Waals surface area contributed by atoms with Crippen LogP contribution < -0.4 is 24.0 Å². The van der Waals surface area contributed by atoms with Crippen molar-refractivity contribution in [3.8, 4) is 0 Å². The van der Waals surface area contributed by atoms with Crippen molar-refractivity contribution in [1.82, 2.24) is 0 Å². The average molecular weight is 418 g/mol. The highest BCUT2D eigenvalue weighted by Crippen LogP contribution is 2.66. The lowest BCUT2D eigenvalue weighted by Gasteiger charge is -2.36. The van der Waals surface area contributed by atoms with Gasteiger partial charge >= 0.3 is 0 Å². The van der Waals surface area contributed by atoms with Gasteiger partial charge in [0.05, 0.1) is 6.26 Å². The van der Waals surface area contributed by atoms with E-state index >= 15 is 0 Å². The van der Waals surface area contributed by atoms with E-state index in [2.05, 4.69) is 57.4 Å². The Morgan fingerprint density at radius 1 is 1.19 bits per heavy atom. The molecular formula is C18H27IOS. The van der Waals surface area contributed by atoms with Gasteiger partial charge in [-0.1, -0.05) is 51.1 Å². The van der Waals surface area contributed by atoms with Crippen molar-refractivity contribution in [3.63, 3.8) is 0 Å². The first-order valence-electron chi connectivity index (χ1n) is 7.71. The third-order valence-electron chi connectivity index (χ3n) is 6.44. The fourth-order valence-electron chi connectivity index (χ4n) is 4.68. The van der Waals surface area contributed by atoms with Crippen LogP contribution in [-0.2, 0) is 16.6 Å². The summed E-state index contributed by atoms with van der Waals surface area (Å²) in [4.78, 5) is 0. The van der Waals surface area contributed by atoms with Gasteiger partial charge in [-0.3, -0.25) is 0 Å². The zero-order valence-electron chi connectivity index (χ0n) is 13.5. The molecule has 2 aliphatic rings. The summed E-state index contributed by atoms with van der Waals surface area (Å²) in [6.45, 7) is 7.08. The summed E-state index contributed by atoms with van der Waals surface area (Å²) in [6.07, 6.45) is 4.75. The van der Waals surface area contributed by atoms with Crippen LogP contribution in [-0.4, -0.2) is 22.7 Å². The molecule has 0 heterocycles. The topological polar surface area (TPSA) is 20.2 Å². The second-order valence-electron chi connectivity index (χ2n) is 7.51. The number of aliphatic hydroxyl groups excluding tert-OH is 1. The molecule has 2 saturated carbocycles. The highest BCUT2D eigenvalue weighted by Gasteiger charge is 2.69. The van der Waals surface area contributed by atoms with Crippen molar-refractivity contribution < 1.29 is 29.1 Å². The molecule has 0 amide bonds. The Morgan fingerprint density at radius 3 is 2.33 bits per heavy atom. The van der Waals surface area contributed by atoms with Gasteiger partial charge in [-0.25, -0.2) is 0 Å². The molecule has 1 aromatic rings. The largest absolute Gasteiger partial charge is 1.00 e. The molecule has 0 saturated heterocycles. The lowest BCUT2D eigenvalue weighted by Crippen LogP contribution is -3.00. The second kappa shape index (κ2) is 6.04. The van der Waals surface area contributed by atoms with E-state index in [-0.39, 0.29) is 51.8 Å². The summed E-state index contributed by atoms with van der Waals surface area (Å²) in [5.74, 6) is 1.81. The van der Waals surface area contributed by atoms with Crippen LogP contribution in [0.5, 0.6) is 0 Å². The highest BCUT2D eigenvalue weighted by atomic mass is 127. The number of rotatable bonds is 3. The lowest BCUT2D eigenvalue weighted by molar-refractivity contribution is -0.0000142. The van der Waals surface area contributed by atoms with E-state index in [0.717, 1.165) is 5.75 Å². The standard InChI is InChI=1S/C18H27OS.HI/c1-17(2)14-10-11-18(17,3)16(19)15(14)20(4)12-13-8-6-5-7-9-13;/h5-9,14-16,19H,10-12H2,1-4H3;1H/q+1;/p-1/t14-,15+,16-,18+,20?;/m1./s1. The second-order valence-corrected chi connectivity index (χ2v) is 9.73. The molecule has 0 aliphatic heterocycles. The van der Waals surface area contributed by atoms with Crippen LogP contribution in [0.15, 0.2) is 30.3 Å². The molecule has 1 nitrogen and oxygen atoms in total. The number of fused-ring (bicyclic) bond motifs is 2. The Hall–Kier alpha value is 0.260. The van der Waals surface area contributed by atoms with E-state index < -0.39 is 0 Å². The van der Waals surface area contributed by atoms with Crippen molar-refractivity contribution in [2.75, 3.05) is 6.26 Å². The van der Waals surface area contributed by atoms with Crippen molar-refractivity contribution in [3.05, 3.63) is 35.9 Å². The Morgan fingerprint density at radius 2 is 1.81 bits per heavy atom. The van der Waals surface area contributed by atoms with Crippen molar-refractivity contribution in [1.29, 1.82) is 0 Å². The highest BCUT2D eigenvalue weighted by molar-refractivity contribution is 7.96. The molecule has 3 heteroatoms. The molecule has 21 heavy (non-hydrogen) atoms. The zero-order valence-corrected chi connectivity index (χ0v) is 16.4. The quantitative estimate of drug-likeness (QED) is 0.564. The predicted octanol–water partition coefficient (Wildman–Crippen LogP) is 0.624. The molecule has 0 aromatic heterocycles. The minimum absolute atomic E-state index is 0. The summed E-state index contributed by atoms with van der Waals surface area (Å²) in [5, 5.41) is 11.4. The molecule has 3 rings (SSSR count). The maximum Gasteiger partial charge on any atom is 0.147 e. The Bertz CT molecular complexity index is 489. The summed E-state index contributed by atoms with van der Waals surface area (Å²) < 4.78 is 0. The van der Waals surface area contributed by atoms with Crippen molar-refractivity contribution >= 4 is 10.9 Å². The molecule has 0 radical (unpaired) electrons. The smallest absolute Gasteiger partial charge is 0.147 e. The minimum atomic E-state index is -0.117. The first-order chi connectivity index (χ1) is 9.38. The molecule has 0 spiro atoms. The van der Waals surface area contributed by atoms with Crippen LogP contribution in [0.25, 0.3) is 0 Å². The number of halogens is 1. The van der Waals surface area contributed by atoms with E-state index in [1.165, 1.54) is 18.4 Å². The van der Waals surface area contributed by atoms with Gasteiger partial charge in [0.1, 0.15) is 17.1 Å². The molecule has 1 unspecified atom stereocenters. The maximum atomic E-state index is 10.9. The monoisotopic (exact) mass is 418 g/mol. The minimum Gasteiger partial charge on any atom is -1.00 e. The van der Waals surface area contributed by atoms with E-state index in [4.69, 9.17) is 0 Å². The van der Waals surface area contributed by atoms with Gasteiger partial charge in [0, 0.05) is 16.9 Å². The SMILES string of the molecule is C[S+](Cc1ccccc1)[C@H]1[C@H]2CC[C@@](C)([C@@H]1O)C2(C)C.[I-]. The molecule has 1 aromatic carbocycles. The summed E-state index contributed by atoms with van der Waals surface area (Å²) >= 11 is 0. The van der Waals surface area contributed by atoms with E-state index in [1.54, 1.807) is 0 Å². The van der Waals surface area contributed by atoms with Crippen LogP contribution in [0.4, 0.5) is 0 Å². The summed E-state index contributed by atoms with van der Waals surface area (Å²) in [6, 6.07) is 10.8. The Labute approximate surface area is 149 Å². The molecule has 2 fully saturated rings. The van der Waals surface area contributed by atoms with Crippen molar-refractivity contribution in [2.24, 2.45) is 16.7 Å². The molecule has 2 aliphatic carbocycles. The molecule has 1 N–H and O–H groups in total. The van der Waals surface area contributed by atoms with Gasteiger partial charge in [0.2, 0.25) is 0 Å². The van der Waals surface area contributed by atoms with E-state index in [0.29, 0.717) is 11.2 Å². The van der Waals surface area contributed by atoms with Crippen LogP contribution in [0.1, 0.15) is 39.2 Å². The summed E-state index contributed by atoms with van der Waals surface area (Å²) in [5.41, 5.74) is 1.83. The number of hydrogen-bond donors (Lipinski definition) is 1. The number of hydrogen-bond acceptors (Lipinski definition) is 1. The number of aliphatic hydroxyl groups is 1. The molecular weight excluding hydrogens is 391 g/mol. The Balaban J connectivity index is 0.00000161. The van der Waals surface area contributed by atoms with Gasteiger partial charge in [-0.15, -0.1) is 0 Å². The van der Waals surface area contributed by atoms with Crippen molar-refractivity contribution in [2.45, 2.75) is 50.7 Å². The van der Waals surface area contributed by atoms with E-state index in [1.807, 2.05) is 0 Å². The lowest BCUT2D eigenvalue weighted by atomic mass is 9.70.